The maximum atomic E-state index is 15.0. The second kappa shape index (κ2) is 16.5. The highest BCUT2D eigenvalue weighted by atomic mass is 19.2. The molecule has 2 aromatic rings. The molecule has 9 nitrogen and oxygen atoms in total. The highest BCUT2D eigenvalue weighted by molar-refractivity contribution is 6.00. The molecule has 12 heteroatoms. The lowest BCUT2D eigenvalue weighted by Crippen LogP contribution is -2.30. The average Bonchev–Trinajstić information content (AvgIpc) is 2.87. The van der Waals surface area contributed by atoms with Gasteiger partial charge in [0.1, 0.15) is 18.5 Å². The lowest BCUT2D eigenvalue weighted by atomic mass is 10.0. The minimum atomic E-state index is -1.39. The van der Waals surface area contributed by atoms with Gasteiger partial charge in [-0.05, 0) is 55.5 Å². The van der Waals surface area contributed by atoms with Crippen molar-refractivity contribution in [3.63, 3.8) is 0 Å². The van der Waals surface area contributed by atoms with Crippen molar-refractivity contribution < 1.29 is 42.6 Å². The number of halogens is 3. The molecule has 0 spiro atoms. The van der Waals surface area contributed by atoms with E-state index >= 15 is 4.39 Å². The molecule has 1 atom stereocenters. The van der Waals surface area contributed by atoms with Gasteiger partial charge in [-0.25, -0.2) is 24.1 Å². The standard InChI is InChI=1S/C22H26F3N3O6.C2H6/c1-13-5-6-18(17(23)8-13)27-21-16(22(32)28-34-11-15(31)10-29)9-14(19(24)20(21)25)4-2-3-7-33-26-12-30;1-2/h5-6,8-9,12,15,27,29,31H,2-4,7,10-11H2,1H3,(H,26,30)(H,28,32);1-2H3. The van der Waals surface area contributed by atoms with Crippen LogP contribution in [-0.4, -0.2) is 48.5 Å². The number of aliphatic hydroxyl groups excluding tert-OH is 2. The monoisotopic (exact) mass is 515 g/mol. The van der Waals surface area contributed by atoms with Crippen LogP contribution in [0, 0.1) is 24.4 Å². The summed E-state index contributed by atoms with van der Waals surface area (Å²) in [6.07, 6.45) is -0.131. The minimum Gasteiger partial charge on any atom is -0.394 e. The van der Waals surface area contributed by atoms with Crippen LogP contribution in [-0.2, 0) is 20.9 Å². The van der Waals surface area contributed by atoms with Crippen molar-refractivity contribution >= 4 is 23.7 Å². The molecule has 5 N–H and O–H groups in total. The van der Waals surface area contributed by atoms with Crippen molar-refractivity contribution in [3.8, 4) is 0 Å². The Morgan fingerprint density at radius 1 is 1.11 bits per heavy atom. The molecule has 0 aliphatic heterocycles. The molecular formula is C24H32F3N3O6. The van der Waals surface area contributed by atoms with Gasteiger partial charge in [-0.1, -0.05) is 19.9 Å². The number of nitrogens with one attached hydrogen (secondary N) is 3. The van der Waals surface area contributed by atoms with Gasteiger partial charge in [0.05, 0.1) is 30.2 Å². The Kier molecular flexibility index (Phi) is 14.1. The molecule has 2 rings (SSSR count). The second-order valence-electron chi connectivity index (χ2n) is 7.31. The summed E-state index contributed by atoms with van der Waals surface area (Å²) in [5.74, 6) is -4.33. The zero-order valence-electron chi connectivity index (χ0n) is 20.4. The van der Waals surface area contributed by atoms with Gasteiger partial charge in [-0.3, -0.25) is 19.3 Å². The van der Waals surface area contributed by atoms with Crippen molar-refractivity contribution in [1.82, 2.24) is 11.0 Å². The fourth-order valence-electron chi connectivity index (χ4n) is 2.91. The van der Waals surface area contributed by atoms with Crippen LogP contribution < -0.4 is 16.3 Å². The third kappa shape index (κ3) is 9.46. The molecule has 0 radical (unpaired) electrons. The van der Waals surface area contributed by atoms with Gasteiger partial charge in [0.15, 0.2) is 11.6 Å². The maximum absolute atomic E-state index is 15.0. The first-order valence-electron chi connectivity index (χ1n) is 11.3. The van der Waals surface area contributed by atoms with Crippen molar-refractivity contribution in [2.24, 2.45) is 0 Å². The van der Waals surface area contributed by atoms with Crippen LogP contribution in [0.1, 0.15) is 48.2 Å². The first kappa shape index (κ1) is 30.8. The van der Waals surface area contributed by atoms with E-state index in [9.17, 15) is 23.5 Å². The number of hydroxylamine groups is 2. The Labute approximate surface area is 207 Å². The number of aryl methyl sites for hydroxylation is 2. The minimum absolute atomic E-state index is 0.0384. The molecule has 2 amide bonds. The molecule has 0 bridgehead atoms. The predicted molar refractivity (Wildman–Crippen MR) is 127 cm³/mol. The lowest BCUT2D eigenvalue weighted by Gasteiger charge is -2.17. The summed E-state index contributed by atoms with van der Waals surface area (Å²) >= 11 is 0. The Morgan fingerprint density at radius 2 is 1.83 bits per heavy atom. The van der Waals surface area contributed by atoms with E-state index in [2.05, 4.69) is 5.32 Å². The summed E-state index contributed by atoms with van der Waals surface area (Å²) < 4.78 is 44.1. The molecule has 0 saturated carbocycles. The first-order valence-corrected chi connectivity index (χ1v) is 11.3. The van der Waals surface area contributed by atoms with Gasteiger partial charge in [0, 0.05) is 0 Å². The van der Waals surface area contributed by atoms with E-state index in [1.807, 2.05) is 24.8 Å². The number of anilines is 2. The number of carbonyl (C=O) groups is 2. The van der Waals surface area contributed by atoms with E-state index in [4.69, 9.17) is 14.8 Å². The predicted octanol–water partition coefficient (Wildman–Crippen LogP) is 3.20. The zero-order valence-corrected chi connectivity index (χ0v) is 20.4. The van der Waals surface area contributed by atoms with Crippen LogP contribution in [0.4, 0.5) is 24.5 Å². The van der Waals surface area contributed by atoms with Crippen LogP contribution in [0.25, 0.3) is 0 Å². The number of rotatable bonds is 14. The Hall–Kier alpha value is -3.19. The number of hydrogen-bond acceptors (Lipinski definition) is 7. The SMILES string of the molecule is CC.Cc1ccc(Nc2c(C(=O)NOCC(O)CO)cc(CCCCONC=O)c(F)c2F)c(F)c1. The molecule has 0 heterocycles. The molecule has 0 aliphatic carbocycles. The molecule has 0 fully saturated rings. The molecule has 1 unspecified atom stereocenters. The van der Waals surface area contributed by atoms with Gasteiger partial charge in [0.25, 0.3) is 5.91 Å². The Bertz CT molecular complexity index is 994. The summed E-state index contributed by atoms with van der Waals surface area (Å²) in [6.45, 7) is 4.72. The fourth-order valence-corrected chi connectivity index (χ4v) is 2.91. The highest BCUT2D eigenvalue weighted by Gasteiger charge is 2.24. The van der Waals surface area contributed by atoms with E-state index in [0.29, 0.717) is 24.8 Å². The van der Waals surface area contributed by atoms with Gasteiger partial charge >= 0.3 is 0 Å². The third-order valence-corrected chi connectivity index (χ3v) is 4.64. The van der Waals surface area contributed by atoms with Crippen molar-refractivity contribution in [3.05, 3.63) is 58.4 Å². The van der Waals surface area contributed by atoms with Crippen molar-refractivity contribution in [1.29, 1.82) is 0 Å². The largest absolute Gasteiger partial charge is 0.394 e. The Balaban J connectivity index is 0.00000316. The van der Waals surface area contributed by atoms with E-state index in [1.165, 1.54) is 12.1 Å². The summed E-state index contributed by atoms with van der Waals surface area (Å²) in [5.41, 5.74) is 3.33. The lowest BCUT2D eigenvalue weighted by molar-refractivity contribution is -0.120. The summed E-state index contributed by atoms with van der Waals surface area (Å²) in [7, 11) is 0. The molecular weight excluding hydrogens is 483 g/mol. The van der Waals surface area contributed by atoms with Gasteiger partial charge < -0.3 is 15.5 Å². The van der Waals surface area contributed by atoms with Gasteiger partial charge in [-0.2, -0.15) is 0 Å². The number of benzene rings is 2. The van der Waals surface area contributed by atoms with Crippen LogP contribution in [0.15, 0.2) is 24.3 Å². The van der Waals surface area contributed by atoms with Gasteiger partial charge in [-0.15, -0.1) is 0 Å². The third-order valence-electron chi connectivity index (χ3n) is 4.64. The van der Waals surface area contributed by atoms with E-state index in [0.717, 1.165) is 6.07 Å². The average molecular weight is 516 g/mol. The van der Waals surface area contributed by atoms with Crippen LogP contribution in [0.5, 0.6) is 0 Å². The van der Waals surface area contributed by atoms with Crippen LogP contribution in [0.3, 0.4) is 0 Å². The molecule has 0 aliphatic rings. The Morgan fingerprint density at radius 3 is 2.47 bits per heavy atom. The van der Waals surface area contributed by atoms with E-state index in [1.54, 1.807) is 13.0 Å². The number of aliphatic hydroxyl groups is 2. The molecule has 0 saturated heterocycles. The highest BCUT2D eigenvalue weighted by Crippen LogP contribution is 2.31. The molecule has 0 aromatic heterocycles. The second-order valence-corrected chi connectivity index (χ2v) is 7.31. The van der Waals surface area contributed by atoms with Crippen LogP contribution in [0.2, 0.25) is 0 Å². The zero-order chi connectivity index (χ0) is 27.1. The normalized spacial score (nSPS) is 11.2. The number of carbonyl (C=O) groups excluding carboxylic acids is 2. The van der Waals surface area contributed by atoms with E-state index < -0.39 is 48.4 Å². The summed E-state index contributed by atoms with van der Waals surface area (Å²) in [6, 6.07) is 5.16. The fraction of sp³-hybridized carbons (Fsp3) is 0.417. The first-order chi connectivity index (χ1) is 17.3. The summed E-state index contributed by atoms with van der Waals surface area (Å²) in [5, 5.41) is 20.6. The summed E-state index contributed by atoms with van der Waals surface area (Å²) in [4.78, 5) is 32.4. The number of unbranched alkanes of at least 4 members (excludes halogenated alkanes) is 1. The topological polar surface area (TPSA) is 129 Å². The molecule has 200 valence electrons. The van der Waals surface area contributed by atoms with Crippen LogP contribution >= 0.6 is 0 Å². The maximum Gasteiger partial charge on any atom is 0.277 e. The number of hydrogen-bond donors (Lipinski definition) is 5. The smallest absolute Gasteiger partial charge is 0.277 e. The number of amides is 2. The molecule has 2 aromatic carbocycles. The van der Waals surface area contributed by atoms with Gasteiger partial charge in [0.2, 0.25) is 6.41 Å². The van der Waals surface area contributed by atoms with Crippen molar-refractivity contribution in [2.45, 2.75) is 46.1 Å². The van der Waals surface area contributed by atoms with Crippen molar-refractivity contribution in [2.75, 3.05) is 25.1 Å². The molecule has 36 heavy (non-hydrogen) atoms. The quantitative estimate of drug-likeness (QED) is 0.148. The van der Waals surface area contributed by atoms with E-state index in [-0.39, 0.29) is 29.8 Å².